The number of anilines is 2. The summed E-state index contributed by atoms with van der Waals surface area (Å²) in [6, 6.07) is 15.6. The summed E-state index contributed by atoms with van der Waals surface area (Å²) in [6.07, 6.45) is 0.906. The first-order valence-corrected chi connectivity index (χ1v) is 8.12. The average molecular weight is 331 g/mol. The summed E-state index contributed by atoms with van der Waals surface area (Å²) in [4.78, 5) is 11.9. The van der Waals surface area contributed by atoms with Crippen LogP contribution in [0.2, 0.25) is 5.02 Å². The lowest BCUT2D eigenvalue weighted by Gasteiger charge is -2.17. The molecule has 2 rings (SSSR count). The maximum absolute atomic E-state index is 11.9. The minimum atomic E-state index is -0.395. The van der Waals surface area contributed by atoms with E-state index in [2.05, 4.69) is 16.7 Å². The van der Waals surface area contributed by atoms with Crippen LogP contribution in [0.3, 0.4) is 0 Å². The molecule has 0 fully saturated rings. The van der Waals surface area contributed by atoms with Crippen LogP contribution in [0.5, 0.6) is 0 Å². The van der Waals surface area contributed by atoms with Crippen molar-refractivity contribution in [2.75, 3.05) is 17.2 Å². The fourth-order valence-corrected chi connectivity index (χ4v) is 2.25. The van der Waals surface area contributed by atoms with Crippen molar-refractivity contribution in [2.24, 2.45) is 5.41 Å². The van der Waals surface area contributed by atoms with Gasteiger partial charge in [-0.25, -0.2) is 0 Å². The maximum atomic E-state index is 11.9. The number of nitrogens with one attached hydrogen (secondary N) is 2. The smallest absolute Gasteiger partial charge is 0.229 e. The van der Waals surface area contributed by atoms with Gasteiger partial charge in [-0.15, -0.1) is 0 Å². The average Bonchev–Trinajstić information content (AvgIpc) is 2.48. The summed E-state index contributed by atoms with van der Waals surface area (Å²) >= 11 is 5.98. The molecule has 2 aromatic carbocycles. The number of hydrogen-bond acceptors (Lipinski definition) is 2. The predicted octanol–water partition coefficient (Wildman–Crippen LogP) is 4.98. The van der Waals surface area contributed by atoms with E-state index in [-0.39, 0.29) is 5.91 Å². The van der Waals surface area contributed by atoms with E-state index in [1.807, 2.05) is 63.2 Å². The number of hydrogen-bond donors (Lipinski definition) is 2. The first kappa shape index (κ1) is 17.4. The maximum Gasteiger partial charge on any atom is 0.229 e. The second kappa shape index (κ2) is 7.51. The molecule has 4 heteroatoms. The number of rotatable bonds is 5. The van der Waals surface area contributed by atoms with Crippen molar-refractivity contribution in [3.05, 3.63) is 59.1 Å². The Morgan fingerprint density at radius 2 is 1.70 bits per heavy atom. The van der Waals surface area contributed by atoms with Gasteiger partial charge in [0.15, 0.2) is 0 Å². The second-order valence-electron chi connectivity index (χ2n) is 6.59. The molecule has 0 saturated carbocycles. The monoisotopic (exact) mass is 330 g/mol. The molecule has 0 spiro atoms. The lowest BCUT2D eigenvalue weighted by molar-refractivity contribution is -0.123. The van der Waals surface area contributed by atoms with Crippen LogP contribution in [-0.2, 0) is 11.2 Å². The molecule has 3 nitrogen and oxygen atoms in total. The van der Waals surface area contributed by atoms with Crippen molar-refractivity contribution in [1.82, 2.24) is 0 Å². The lowest BCUT2D eigenvalue weighted by Crippen LogP contribution is -2.27. The first-order valence-electron chi connectivity index (χ1n) is 7.74. The molecule has 23 heavy (non-hydrogen) atoms. The topological polar surface area (TPSA) is 41.1 Å². The Balaban J connectivity index is 1.84. The van der Waals surface area contributed by atoms with Gasteiger partial charge in [-0.2, -0.15) is 0 Å². The normalized spacial score (nSPS) is 11.1. The molecule has 0 aliphatic heterocycles. The summed E-state index contributed by atoms with van der Waals surface area (Å²) in [5, 5.41) is 7.05. The Morgan fingerprint density at radius 1 is 1.04 bits per heavy atom. The molecule has 2 N–H and O–H groups in total. The standard InChI is InChI=1S/C19H23ClN2O/c1-19(2,3)18(23)22-17-9-7-16(8-10-17)21-12-11-14-5-4-6-15(20)13-14/h4-10,13,21H,11-12H2,1-3H3,(H,22,23). The zero-order chi connectivity index (χ0) is 16.9. The first-order chi connectivity index (χ1) is 10.8. The molecule has 2 aromatic rings. The summed E-state index contributed by atoms with van der Waals surface area (Å²) in [5.74, 6) is 0.0131. The van der Waals surface area contributed by atoms with Crippen LogP contribution in [0.15, 0.2) is 48.5 Å². The van der Waals surface area contributed by atoms with Crippen LogP contribution in [0.1, 0.15) is 26.3 Å². The van der Waals surface area contributed by atoms with Gasteiger partial charge in [-0.05, 0) is 48.4 Å². The number of amides is 1. The molecule has 0 heterocycles. The molecule has 0 unspecified atom stereocenters. The van der Waals surface area contributed by atoms with Crippen LogP contribution in [0.25, 0.3) is 0 Å². The Kier molecular flexibility index (Phi) is 5.67. The minimum Gasteiger partial charge on any atom is -0.385 e. The zero-order valence-electron chi connectivity index (χ0n) is 13.8. The van der Waals surface area contributed by atoms with E-state index in [0.717, 1.165) is 29.4 Å². The Morgan fingerprint density at radius 3 is 2.30 bits per heavy atom. The third-order valence-corrected chi connectivity index (χ3v) is 3.69. The lowest BCUT2D eigenvalue weighted by atomic mass is 9.95. The Bertz CT molecular complexity index is 660. The van der Waals surface area contributed by atoms with Gasteiger partial charge in [0.25, 0.3) is 0 Å². The second-order valence-corrected chi connectivity index (χ2v) is 7.02. The summed E-state index contributed by atoms with van der Waals surface area (Å²) < 4.78 is 0. The van der Waals surface area contributed by atoms with Crippen molar-refractivity contribution in [1.29, 1.82) is 0 Å². The van der Waals surface area contributed by atoms with Crippen molar-refractivity contribution in [3.8, 4) is 0 Å². The zero-order valence-corrected chi connectivity index (χ0v) is 14.6. The van der Waals surface area contributed by atoms with Gasteiger partial charge < -0.3 is 10.6 Å². The van der Waals surface area contributed by atoms with Gasteiger partial charge >= 0.3 is 0 Å². The van der Waals surface area contributed by atoms with Crippen LogP contribution >= 0.6 is 11.6 Å². The van der Waals surface area contributed by atoms with Gasteiger partial charge in [-0.3, -0.25) is 4.79 Å². The van der Waals surface area contributed by atoms with E-state index < -0.39 is 5.41 Å². The highest BCUT2D eigenvalue weighted by molar-refractivity contribution is 6.30. The highest BCUT2D eigenvalue weighted by atomic mass is 35.5. The SMILES string of the molecule is CC(C)(C)C(=O)Nc1ccc(NCCc2cccc(Cl)c2)cc1. The quantitative estimate of drug-likeness (QED) is 0.811. The molecule has 0 saturated heterocycles. The van der Waals surface area contributed by atoms with E-state index in [1.165, 1.54) is 5.56 Å². The van der Waals surface area contributed by atoms with Gasteiger partial charge in [0.1, 0.15) is 0 Å². The molecule has 0 aromatic heterocycles. The van der Waals surface area contributed by atoms with Crippen LogP contribution in [0, 0.1) is 5.41 Å². The highest BCUT2D eigenvalue weighted by Gasteiger charge is 2.20. The molecule has 0 atom stereocenters. The molecular formula is C19H23ClN2O. The molecular weight excluding hydrogens is 308 g/mol. The van der Waals surface area contributed by atoms with Crippen molar-refractivity contribution in [3.63, 3.8) is 0 Å². The fourth-order valence-electron chi connectivity index (χ4n) is 2.03. The number of benzene rings is 2. The van der Waals surface area contributed by atoms with Gasteiger partial charge in [0.05, 0.1) is 0 Å². The van der Waals surface area contributed by atoms with E-state index in [4.69, 9.17) is 11.6 Å². The van der Waals surface area contributed by atoms with Gasteiger partial charge in [0.2, 0.25) is 5.91 Å². The van der Waals surface area contributed by atoms with Gasteiger partial charge in [0, 0.05) is 28.4 Å². The van der Waals surface area contributed by atoms with Crippen LogP contribution in [-0.4, -0.2) is 12.5 Å². The molecule has 122 valence electrons. The van der Waals surface area contributed by atoms with Gasteiger partial charge in [-0.1, -0.05) is 44.5 Å². The van der Waals surface area contributed by atoms with Crippen molar-refractivity contribution >= 4 is 28.9 Å². The predicted molar refractivity (Wildman–Crippen MR) is 98.2 cm³/mol. The number of carbonyl (C=O) groups excluding carboxylic acids is 1. The Hall–Kier alpha value is -2.00. The molecule has 0 bridgehead atoms. The van der Waals surface area contributed by atoms with Crippen molar-refractivity contribution < 1.29 is 4.79 Å². The fraction of sp³-hybridized carbons (Fsp3) is 0.316. The molecule has 0 radical (unpaired) electrons. The number of halogens is 1. The highest BCUT2D eigenvalue weighted by Crippen LogP contribution is 2.19. The van der Waals surface area contributed by atoms with Crippen molar-refractivity contribution in [2.45, 2.75) is 27.2 Å². The van der Waals surface area contributed by atoms with Crippen LogP contribution in [0.4, 0.5) is 11.4 Å². The third kappa shape index (κ3) is 5.61. The Labute approximate surface area is 143 Å². The van der Waals surface area contributed by atoms with E-state index in [0.29, 0.717) is 0 Å². The summed E-state index contributed by atoms with van der Waals surface area (Å²) in [7, 11) is 0. The molecule has 1 amide bonds. The van der Waals surface area contributed by atoms with E-state index in [1.54, 1.807) is 0 Å². The summed E-state index contributed by atoms with van der Waals surface area (Å²) in [5.41, 5.74) is 2.65. The minimum absolute atomic E-state index is 0.0131. The molecule has 0 aliphatic carbocycles. The van der Waals surface area contributed by atoms with E-state index in [9.17, 15) is 4.79 Å². The molecule has 0 aliphatic rings. The number of carbonyl (C=O) groups is 1. The summed E-state index contributed by atoms with van der Waals surface area (Å²) in [6.45, 7) is 6.52. The largest absolute Gasteiger partial charge is 0.385 e. The third-order valence-electron chi connectivity index (χ3n) is 3.46. The van der Waals surface area contributed by atoms with Crippen LogP contribution < -0.4 is 10.6 Å². The van der Waals surface area contributed by atoms with E-state index >= 15 is 0 Å².